The molecule has 5 nitrogen and oxygen atoms in total. The van der Waals surface area contributed by atoms with Crippen LogP contribution in [0.1, 0.15) is 16.8 Å². The number of benzene rings is 1. The van der Waals surface area contributed by atoms with E-state index in [-0.39, 0.29) is 5.91 Å². The Morgan fingerprint density at radius 1 is 1.12 bits per heavy atom. The maximum Gasteiger partial charge on any atom is 0.227 e. The topological polar surface area (TPSA) is 45.7 Å². The zero-order valence-corrected chi connectivity index (χ0v) is 15.1. The number of hydrogen-bond acceptors (Lipinski definition) is 4. The molecule has 0 atom stereocenters. The average molecular weight is 351 g/mol. The van der Waals surface area contributed by atoms with Gasteiger partial charge in [0, 0.05) is 57.5 Å². The predicted octanol–water partition coefficient (Wildman–Crippen LogP) is 1.95. The first kappa shape index (κ1) is 17.0. The van der Waals surface area contributed by atoms with Crippen molar-refractivity contribution in [2.75, 3.05) is 39.3 Å². The maximum atomic E-state index is 12.6. The number of fused-ring (bicyclic) bond motifs is 1. The first-order valence-corrected chi connectivity index (χ1v) is 9.42. The molecule has 0 bridgehead atoms. The fourth-order valence-electron chi connectivity index (χ4n) is 3.65. The van der Waals surface area contributed by atoms with Gasteiger partial charge in [0.05, 0.1) is 13.0 Å². The lowest BCUT2D eigenvalue weighted by molar-refractivity contribution is -0.132. The SMILES string of the molecule is O=C(Cc1ccc2c(c1)OCC2)N1CCN(CCc2ccccn2)CC1. The molecule has 0 saturated carbocycles. The number of ether oxygens (including phenoxy) is 1. The molecule has 4 rings (SSSR count). The molecular formula is C21H25N3O2. The predicted molar refractivity (Wildman–Crippen MR) is 100 cm³/mol. The van der Waals surface area contributed by atoms with Crippen LogP contribution in [0.3, 0.4) is 0 Å². The standard InChI is InChI=1S/C21H25N3O2/c25-21(16-17-4-5-18-7-14-26-20(18)15-17)24-12-10-23(11-13-24)9-6-19-3-1-2-8-22-19/h1-5,8,15H,6-7,9-14,16H2. The van der Waals surface area contributed by atoms with Gasteiger partial charge in [-0.25, -0.2) is 0 Å². The first-order valence-electron chi connectivity index (χ1n) is 9.42. The van der Waals surface area contributed by atoms with Gasteiger partial charge in [-0.3, -0.25) is 14.7 Å². The number of carbonyl (C=O) groups is 1. The number of pyridine rings is 1. The van der Waals surface area contributed by atoms with Crippen molar-refractivity contribution in [1.29, 1.82) is 0 Å². The third kappa shape index (κ3) is 4.05. The summed E-state index contributed by atoms with van der Waals surface area (Å²) in [6, 6.07) is 12.2. The van der Waals surface area contributed by atoms with Gasteiger partial charge in [0.2, 0.25) is 5.91 Å². The van der Waals surface area contributed by atoms with Crippen molar-refractivity contribution in [3.05, 3.63) is 59.4 Å². The highest BCUT2D eigenvalue weighted by Gasteiger charge is 2.21. The number of aromatic nitrogens is 1. The quantitative estimate of drug-likeness (QED) is 0.826. The lowest BCUT2D eigenvalue weighted by atomic mass is 10.1. The highest BCUT2D eigenvalue weighted by atomic mass is 16.5. The molecule has 2 aliphatic rings. The Labute approximate surface area is 154 Å². The van der Waals surface area contributed by atoms with Gasteiger partial charge in [-0.1, -0.05) is 18.2 Å². The van der Waals surface area contributed by atoms with Crippen molar-refractivity contribution in [2.45, 2.75) is 19.3 Å². The fraction of sp³-hybridized carbons (Fsp3) is 0.429. The summed E-state index contributed by atoms with van der Waals surface area (Å²) < 4.78 is 5.61. The fourth-order valence-corrected chi connectivity index (χ4v) is 3.65. The number of carbonyl (C=O) groups excluding carboxylic acids is 1. The molecule has 26 heavy (non-hydrogen) atoms. The molecule has 0 N–H and O–H groups in total. The number of rotatable bonds is 5. The molecular weight excluding hydrogens is 326 g/mol. The Morgan fingerprint density at radius 2 is 2.00 bits per heavy atom. The van der Waals surface area contributed by atoms with Crippen LogP contribution >= 0.6 is 0 Å². The second-order valence-corrected chi connectivity index (χ2v) is 7.01. The molecule has 0 radical (unpaired) electrons. The lowest BCUT2D eigenvalue weighted by Crippen LogP contribution is -2.49. The van der Waals surface area contributed by atoms with E-state index in [9.17, 15) is 4.79 Å². The van der Waals surface area contributed by atoms with E-state index in [0.717, 1.165) is 69.2 Å². The van der Waals surface area contributed by atoms with E-state index < -0.39 is 0 Å². The molecule has 1 amide bonds. The van der Waals surface area contributed by atoms with Crippen LogP contribution in [0, 0.1) is 0 Å². The third-order valence-corrected chi connectivity index (χ3v) is 5.25. The van der Waals surface area contributed by atoms with Crippen molar-refractivity contribution >= 4 is 5.91 Å². The van der Waals surface area contributed by atoms with Crippen LogP contribution < -0.4 is 4.74 Å². The summed E-state index contributed by atoms with van der Waals surface area (Å²) in [6.07, 6.45) is 4.24. The second-order valence-electron chi connectivity index (χ2n) is 7.01. The van der Waals surface area contributed by atoms with Gasteiger partial charge in [-0.05, 0) is 29.3 Å². The zero-order chi connectivity index (χ0) is 17.8. The average Bonchev–Trinajstić information content (AvgIpc) is 3.15. The van der Waals surface area contributed by atoms with Crippen LogP contribution in [0.2, 0.25) is 0 Å². The zero-order valence-electron chi connectivity index (χ0n) is 15.1. The molecule has 1 aromatic carbocycles. The van der Waals surface area contributed by atoms with Crippen LogP contribution in [0.5, 0.6) is 5.75 Å². The van der Waals surface area contributed by atoms with Gasteiger partial charge in [-0.2, -0.15) is 0 Å². The van der Waals surface area contributed by atoms with Gasteiger partial charge in [0.15, 0.2) is 0 Å². The van der Waals surface area contributed by atoms with Crippen molar-refractivity contribution < 1.29 is 9.53 Å². The van der Waals surface area contributed by atoms with Crippen LogP contribution in [-0.2, 0) is 24.1 Å². The Kier molecular flexibility index (Phi) is 5.16. The molecule has 0 spiro atoms. The van der Waals surface area contributed by atoms with E-state index in [0.29, 0.717) is 6.42 Å². The van der Waals surface area contributed by atoms with E-state index >= 15 is 0 Å². The Hall–Kier alpha value is -2.40. The van der Waals surface area contributed by atoms with Gasteiger partial charge < -0.3 is 9.64 Å². The lowest BCUT2D eigenvalue weighted by Gasteiger charge is -2.34. The minimum Gasteiger partial charge on any atom is -0.493 e. The summed E-state index contributed by atoms with van der Waals surface area (Å²) in [6.45, 7) is 5.25. The molecule has 0 unspecified atom stereocenters. The van der Waals surface area contributed by atoms with Gasteiger partial charge in [0.1, 0.15) is 5.75 Å². The van der Waals surface area contributed by atoms with E-state index in [1.54, 1.807) is 0 Å². The first-order chi connectivity index (χ1) is 12.8. The number of piperazine rings is 1. The number of amides is 1. The van der Waals surface area contributed by atoms with Crippen molar-refractivity contribution in [2.24, 2.45) is 0 Å². The molecule has 0 aliphatic carbocycles. The maximum absolute atomic E-state index is 12.6. The Morgan fingerprint density at radius 3 is 2.81 bits per heavy atom. The minimum absolute atomic E-state index is 0.215. The van der Waals surface area contributed by atoms with Crippen LogP contribution in [0.25, 0.3) is 0 Å². The van der Waals surface area contributed by atoms with Crippen molar-refractivity contribution in [1.82, 2.24) is 14.8 Å². The molecule has 136 valence electrons. The van der Waals surface area contributed by atoms with E-state index in [4.69, 9.17) is 4.74 Å². The highest BCUT2D eigenvalue weighted by molar-refractivity contribution is 5.79. The van der Waals surface area contributed by atoms with Gasteiger partial charge in [-0.15, -0.1) is 0 Å². The monoisotopic (exact) mass is 351 g/mol. The molecule has 2 aromatic rings. The molecule has 1 aromatic heterocycles. The molecule has 3 heterocycles. The third-order valence-electron chi connectivity index (χ3n) is 5.25. The summed E-state index contributed by atoms with van der Waals surface area (Å²) in [5.74, 6) is 1.17. The van der Waals surface area contributed by atoms with Crippen molar-refractivity contribution in [3.8, 4) is 5.75 Å². The van der Waals surface area contributed by atoms with E-state index in [2.05, 4.69) is 28.1 Å². The van der Waals surface area contributed by atoms with Crippen LogP contribution in [0.4, 0.5) is 0 Å². The summed E-state index contributed by atoms with van der Waals surface area (Å²) in [7, 11) is 0. The summed E-state index contributed by atoms with van der Waals surface area (Å²) in [5, 5.41) is 0. The molecule has 2 aliphatic heterocycles. The van der Waals surface area contributed by atoms with Gasteiger partial charge >= 0.3 is 0 Å². The molecule has 1 saturated heterocycles. The smallest absolute Gasteiger partial charge is 0.227 e. The largest absolute Gasteiger partial charge is 0.493 e. The normalized spacial score (nSPS) is 17.0. The summed E-state index contributed by atoms with van der Waals surface area (Å²) in [5.41, 5.74) is 3.43. The molecule has 1 fully saturated rings. The Balaban J connectivity index is 1.24. The summed E-state index contributed by atoms with van der Waals surface area (Å²) >= 11 is 0. The van der Waals surface area contributed by atoms with E-state index in [1.807, 2.05) is 29.3 Å². The number of hydrogen-bond donors (Lipinski definition) is 0. The summed E-state index contributed by atoms with van der Waals surface area (Å²) in [4.78, 5) is 21.4. The number of nitrogens with zero attached hydrogens (tertiary/aromatic N) is 3. The Bertz CT molecular complexity index is 755. The van der Waals surface area contributed by atoms with Crippen LogP contribution in [0.15, 0.2) is 42.6 Å². The van der Waals surface area contributed by atoms with Gasteiger partial charge in [0.25, 0.3) is 0 Å². The molecule has 5 heteroatoms. The minimum atomic E-state index is 0.215. The van der Waals surface area contributed by atoms with Crippen molar-refractivity contribution in [3.63, 3.8) is 0 Å². The second kappa shape index (κ2) is 7.87. The van der Waals surface area contributed by atoms with Crippen LogP contribution in [-0.4, -0.2) is 60.0 Å². The highest BCUT2D eigenvalue weighted by Crippen LogP contribution is 2.26. The van der Waals surface area contributed by atoms with E-state index in [1.165, 1.54) is 5.56 Å².